The summed E-state index contributed by atoms with van der Waals surface area (Å²) in [7, 11) is 1.23. The van der Waals surface area contributed by atoms with E-state index in [1.807, 2.05) is 54.6 Å². The van der Waals surface area contributed by atoms with Crippen molar-refractivity contribution >= 4 is 55.1 Å². The van der Waals surface area contributed by atoms with E-state index >= 15 is 0 Å². The number of hydrogen-bond donors (Lipinski definition) is 1. The molecular weight excluding hydrogens is 710 g/mol. The first-order valence-electron chi connectivity index (χ1n) is 14.4. The summed E-state index contributed by atoms with van der Waals surface area (Å²) in [4.78, 5) is 29.2. The molecule has 0 fully saturated rings. The summed E-state index contributed by atoms with van der Waals surface area (Å²) in [5, 5.41) is 2.89. The molecule has 4 rings (SSSR count). The zero-order valence-corrected chi connectivity index (χ0v) is 29.4. The van der Waals surface area contributed by atoms with Crippen molar-refractivity contribution in [2.45, 2.75) is 23.9 Å². The summed E-state index contributed by atoms with van der Waals surface area (Å²) < 4.78 is 46.9. The molecule has 0 spiro atoms. The lowest BCUT2D eigenvalue weighted by Gasteiger charge is -2.34. The lowest BCUT2D eigenvalue weighted by molar-refractivity contribution is -0.139. The van der Waals surface area contributed by atoms with Gasteiger partial charge in [0.1, 0.15) is 18.3 Å². The van der Waals surface area contributed by atoms with Crippen LogP contribution in [0.4, 0.5) is 5.69 Å². The van der Waals surface area contributed by atoms with Crippen LogP contribution in [0.15, 0.2) is 100 Å². The molecule has 2 amide bonds. The third-order valence-electron chi connectivity index (χ3n) is 7.42. The Balaban J connectivity index is 1.86. The maximum atomic E-state index is 14.5. The fraction of sp³-hybridized carbons (Fsp3) is 0.235. The molecule has 0 radical (unpaired) electrons. The molecule has 1 unspecified atom stereocenters. The Hall–Kier alpha value is -4.26. The van der Waals surface area contributed by atoms with E-state index in [1.54, 1.807) is 6.07 Å². The monoisotopic (exact) mass is 743 g/mol. The van der Waals surface area contributed by atoms with Crippen LogP contribution in [0, 0.1) is 0 Å². The number of anilines is 1. The average Bonchev–Trinajstić information content (AvgIpc) is 3.09. The Morgan fingerprint density at radius 3 is 2.09 bits per heavy atom. The highest BCUT2D eigenvalue weighted by molar-refractivity contribution is 9.10. The Morgan fingerprint density at radius 1 is 0.830 bits per heavy atom. The number of amides is 2. The van der Waals surface area contributed by atoms with Crippen LogP contribution in [0.1, 0.15) is 11.1 Å². The van der Waals surface area contributed by atoms with Gasteiger partial charge in [-0.15, -0.1) is 0 Å². The van der Waals surface area contributed by atoms with Crippen LogP contribution in [-0.2, 0) is 32.6 Å². The third kappa shape index (κ3) is 8.56. The largest absolute Gasteiger partial charge is 0.495 e. The van der Waals surface area contributed by atoms with Gasteiger partial charge in [0, 0.05) is 35.6 Å². The number of benzene rings is 4. The minimum absolute atomic E-state index is 0.0218. The predicted molar refractivity (Wildman–Crippen MR) is 185 cm³/mol. The van der Waals surface area contributed by atoms with Gasteiger partial charge >= 0.3 is 0 Å². The molecule has 4 aromatic rings. The first-order chi connectivity index (χ1) is 22.5. The van der Waals surface area contributed by atoms with E-state index in [0.717, 1.165) is 19.9 Å². The van der Waals surface area contributed by atoms with Crippen molar-refractivity contribution < 1.29 is 32.2 Å². The molecule has 4 aromatic carbocycles. The maximum Gasteiger partial charge on any atom is 0.265 e. The minimum Gasteiger partial charge on any atom is -0.495 e. The molecule has 13 heteroatoms. The Kier molecular flexibility index (Phi) is 12.1. The Bertz CT molecular complexity index is 1810. The molecule has 0 saturated carbocycles. The number of methoxy groups -OCH3 is 3. The molecule has 0 saturated heterocycles. The lowest BCUT2D eigenvalue weighted by atomic mass is 10.0. The molecule has 1 N–H and O–H groups in total. The second kappa shape index (κ2) is 16.0. The summed E-state index contributed by atoms with van der Waals surface area (Å²) >= 11 is 9.79. The van der Waals surface area contributed by atoms with Gasteiger partial charge in [-0.05, 0) is 53.6 Å². The summed E-state index contributed by atoms with van der Waals surface area (Å²) in [5.74, 6) is -0.378. The van der Waals surface area contributed by atoms with Gasteiger partial charge < -0.3 is 24.4 Å². The van der Waals surface area contributed by atoms with Crippen LogP contribution in [0.2, 0.25) is 5.02 Å². The van der Waals surface area contributed by atoms with E-state index in [2.05, 4.69) is 21.2 Å². The van der Waals surface area contributed by atoms with E-state index in [1.165, 1.54) is 63.6 Å². The second-order valence-electron chi connectivity index (χ2n) is 10.3. The van der Waals surface area contributed by atoms with Gasteiger partial charge in [-0.2, -0.15) is 0 Å². The normalized spacial score (nSPS) is 11.7. The Morgan fingerprint density at radius 2 is 1.47 bits per heavy atom. The van der Waals surface area contributed by atoms with Gasteiger partial charge in [0.2, 0.25) is 11.8 Å². The second-order valence-corrected chi connectivity index (χ2v) is 13.5. The quantitative estimate of drug-likeness (QED) is 0.176. The van der Waals surface area contributed by atoms with Crippen LogP contribution in [0.25, 0.3) is 0 Å². The zero-order chi connectivity index (χ0) is 34.1. The number of carbonyl (C=O) groups excluding carboxylic acids is 2. The number of halogens is 2. The molecule has 10 nitrogen and oxygen atoms in total. The molecule has 248 valence electrons. The summed E-state index contributed by atoms with van der Waals surface area (Å²) in [6, 6.07) is 24.2. The number of hydrogen-bond acceptors (Lipinski definition) is 7. The standard InChI is InChI=1S/C34H35BrClN3O7S/c1-37-34(41)29(18-23-8-6-5-7-9-23)38(21-24-10-12-25(35)13-11-24)33(40)22-39(28-19-26(36)14-16-30(28)44-2)47(42,43)27-15-17-31(45-3)32(20-27)46-4/h5-17,19-20,29H,18,21-22H2,1-4H3,(H,37,41). The molecular formula is C34H35BrClN3O7S. The van der Waals surface area contributed by atoms with E-state index in [4.69, 9.17) is 25.8 Å². The van der Waals surface area contributed by atoms with E-state index in [0.29, 0.717) is 5.75 Å². The molecule has 0 aliphatic heterocycles. The van der Waals surface area contributed by atoms with Crippen LogP contribution in [-0.4, -0.2) is 66.1 Å². The van der Waals surface area contributed by atoms with E-state index in [-0.39, 0.29) is 40.1 Å². The minimum atomic E-state index is -4.47. The van der Waals surface area contributed by atoms with Crippen molar-refractivity contribution in [3.63, 3.8) is 0 Å². The number of likely N-dealkylation sites (N-methyl/N-ethyl adjacent to an activating group) is 1. The fourth-order valence-electron chi connectivity index (χ4n) is 4.98. The van der Waals surface area contributed by atoms with Gasteiger partial charge in [-0.25, -0.2) is 8.42 Å². The predicted octanol–water partition coefficient (Wildman–Crippen LogP) is 5.71. The molecule has 0 aromatic heterocycles. The van der Waals surface area contributed by atoms with Crippen molar-refractivity contribution in [2.24, 2.45) is 0 Å². The number of nitrogens with one attached hydrogen (secondary N) is 1. The highest BCUT2D eigenvalue weighted by Crippen LogP contribution is 2.37. The Labute approximate surface area is 288 Å². The van der Waals surface area contributed by atoms with Crippen molar-refractivity contribution in [2.75, 3.05) is 39.2 Å². The summed E-state index contributed by atoms with van der Waals surface area (Å²) in [5.41, 5.74) is 1.59. The number of nitrogens with zero attached hydrogens (tertiary/aromatic N) is 2. The maximum absolute atomic E-state index is 14.5. The first-order valence-corrected chi connectivity index (χ1v) is 17.0. The smallest absolute Gasteiger partial charge is 0.265 e. The van der Waals surface area contributed by atoms with Crippen molar-refractivity contribution in [1.29, 1.82) is 0 Å². The highest BCUT2D eigenvalue weighted by atomic mass is 79.9. The topological polar surface area (TPSA) is 114 Å². The zero-order valence-electron chi connectivity index (χ0n) is 26.3. The first kappa shape index (κ1) is 35.6. The van der Waals surface area contributed by atoms with Crippen LogP contribution < -0.4 is 23.8 Å². The van der Waals surface area contributed by atoms with Gasteiger partial charge in [0.15, 0.2) is 11.5 Å². The number of sulfonamides is 1. The van der Waals surface area contributed by atoms with Crippen molar-refractivity contribution in [1.82, 2.24) is 10.2 Å². The lowest BCUT2D eigenvalue weighted by Crippen LogP contribution is -2.53. The fourth-order valence-corrected chi connectivity index (χ4v) is 6.85. The number of ether oxygens (including phenoxy) is 3. The highest BCUT2D eigenvalue weighted by Gasteiger charge is 2.36. The molecule has 1 atom stereocenters. The molecule has 47 heavy (non-hydrogen) atoms. The van der Waals surface area contributed by atoms with Gasteiger partial charge in [-0.1, -0.05) is 70.0 Å². The van der Waals surface area contributed by atoms with E-state index < -0.39 is 34.4 Å². The van der Waals surface area contributed by atoms with Crippen LogP contribution in [0.3, 0.4) is 0 Å². The van der Waals surface area contributed by atoms with Gasteiger partial charge in [0.05, 0.1) is 31.9 Å². The van der Waals surface area contributed by atoms with Crippen molar-refractivity contribution in [3.8, 4) is 17.2 Å². The van der Waals surface area contributed by atoms with Crippen LogP contribution >= 0.6 is 27.5 Å². The molecule has 0 bridgehead atoms. The van der Waals surface area contributed by atoms with E-state index in [9.17, 15) is 18.0 Å². The molecule has 0 aliphatic rings. The van der Waals surface area contributed by atoms with Gasteiger partial charge in [0.25, 0.3) is 10.0 Å². The SMILES string of the molecule is CNC(=O)C(Cc1ccccc1)N(Cc1ccc(Br)cc1)C(=O)CN(c1cc(Cl)ccc1OC)S(=O)(=O)c1ccc(OC)c(OC)c1. The number of carbonyl (C=O) groups is 2. The number of rotatable bonds is 14. The third-order valence-corrected chi connectivity index (χ3v) is 9.93. The van der Waals surface area contributed by atoms with Crippen molar-refractivity contribution in [3.05, 3.63) is 112 Å². The van der Waals surface area contributed by atoms with Gasteiger partial charge in [-0.3, -0.25) is 13.9 Å². The van der Waals surface area contributed by atoms with Crippen LogP contribution in [0.5, 0.6) is 17.2 Å². The molecule has 0 aliphatic carbocycles. The summed E-state index contributed by atoms with van der Waals surface area (Å²) in [6.07, 6.45) is 0.186. The average molecular weight is 745 g/mol. The molecule has 0 heterocycles. The summed E-state index contributed by atoms with van der Waals surface area (Å²) in [6.45, 7) is -0.667.